The number of aromatic amines is 1. The maximum atomic E-state index is 11.5. The summed E-state index contributed by atoms with van der Waals surface area (Å²) in [5.41, 5.74) is 0.672. The van der Waals surface area contributed by atoms with Gasteiger partial charge >= 0.3 is 12.1 Å². The average Bonchev–Trinajstić information content (AvgIpc) is 2.81. The van der Waals surface area contributed by atoms with E-state index in [9.17, 15) is 9.59 Å². The van der Waals surface area contributed by atoms with Crippen molar-refractivity contribution in [2.24, 2.45) is 0 Å². The number of aromatic nitrogens is 2. The molecule has 0 aliphatic carbocycles. The van der Waals surface area contributed by atoms with Crippen molar-refractivity contribution in [1.29, 1.82) is 0 Å². The van der Waals surface area contributed by atoms with E-state index in [4.69, 9.17) is 9.84 Å². The number of carbonyl (C=O) groups is 2. The van der Waals surface area contributed by atoms with Crippen LogP contribution in [-0.4, -0.2) is 34.0 Å². The Morgan fingerprint density at radius 3 is 3.00 bits per heavy atom. The number of hydrogen-bond acceptors (Lipinski definition) is 4. The molecule has 0 fully saturated rings. The van der Waals surface area contributed by atoms with Gasteiger partial charge in [-0.3, -0.25) is 10.4 Å². The first-order valence-corrected chi connectivity index (χ1v) is 5.38. The summed E-state index contributed by atoms with van der Waals surface area (Å²) >= 11 is 0. The van der Waals surface area contributed by atoms with E-state index in [0.29, 0.717) is 16.6 Å². The molecule has 0 radical (unpaired) electrons. The number of H-pyrrole nitrogens is 1. The summed E-state index contributed by atoms with van der Waals surface area (Å²) in [6.45, 7) is 3.49. The molecule has 2 rings (SSSR count). The van der Waals surface area contributed by atoms with Crippen LogP contribution in [0.5, 0.6) is 0 Å². The first-order valence-electron chi connectivity index (χ1n) is 5.38. The van der Waals surface area contributed by atoms with Crippen molar-refractivity contribution >= 4 is 28.7 Å². The smallest absolute Gasteiger partial charge is 0.411 e. The minimum Gasteiger partial charge on any atom is -0.476 e. The molecule has 7 nitrogen and oxygen atoms in total. The van der Waals surface area contributed by atoms with Crippen molar-refractivity contribution in [1.82, 2.24) is 10.2 Å². The van der Waals surface area contributed by atoms with E-state index in [-0.39, 0.29) is 12.3 Å². The predicted molar refractivity (Wildman–Crippen MR) is 68.2 cm³/mol. The highest BCUT2D eigenvalue weighted by Gasteiger charge is 2.17. The molecule has 0 unspecified atom stereocenters. The zero-order valence-corrected chi connectivity index (χ0v) is 9.84. The highest BCUT2D eigenvalue weighted by atomic mass is 16.5. The Labute approximate surface area is 107 Å². The monoisotopic (exact) mass is 261 g/mol. The molecule has 0 saturated carbocycles. The van der Waals surface area contributed by atoms with Gasteiger partial charge in [0.15, 0.2) is 5.69 Å². The lowest BCUT2D eigenvalue weighted by Gasteiger charge is -2.06. The van der Waals surface area contributed by atoms with Crippen LogP contribution in [0.2, 0.25) is 0 Å². The number of rotatable bonds is 4. The number of amides is 1. The molecule has 98 valence electrons. The second-order valence-corrected chi connectivity index (χ2v) is 3.62. The third-order valence-corrected chi connectivity index (χ3v) is 2.36. The molecule has 0 bridgehead atoms. The van der Waals surface area contributed by atoms with E-state index in [1.54, 1.807) is 18.2 Å². The summed E-state index contributed by atoms with van der Waals surface area (Å²) in [4.78, 5) is 22.5. The summed E-state index contributed by atoms with van der Waals surface area (Å²) in [6, 6.07) is 4.89. The number of fused-ring (bicyclic) bond motifs is 1. The van der Waals surface area contributed by atoms with Crippen LogP contribution < -0.4 is 5.32 Å². The lowest BCUT2D eigenvalue weighted by molar-refractivity contribution is 0.0692. The number of nitrogens with one attached hydrogen (secondary N) is 2. The quantitative estimate of drug-likeness (QED) is 0.730. The van der Waals surface area contributed by atoms with E-state index in [0.717, 1.165) is 0 Å². The molecule has 1 aromatic heterocycles. The standard InChI is InChI=1S/C12H11N3O4/c1-2-6-19-12(18)13-7-4-3-5-8-9(7)10(11(16)17)15-14-8/h2-5H,1,6H2,(H,13,18)(H,14,15)(H,16,17). The van der Waals surface area contributed by atoms with Crippen LogP contribution in [0.3, 0.4) is 0 Å². The van der Waals surface area contributed by atoms with Gasteiger partial charge in [-0.1, -0.05) is 18.7 Å². The Kier molecular flexibility index (Phi) is 3.46. The van der Waals surface area contributed by atoms with E-state index in [1.165, 1.54) is 6.08 Å². The zero-order valence-electron chi connectivity index (χ0n) is 9.84. The first kappa shape index (κ1) is 12.6. The van der Waals surface area contributed by atoms with E-state index in [1.807, 2.05) is 0 Å². The molecule has 7 heteroatoms. The van der Waals surface area contributed by atoms with Gasteiger partial charge in [-0.2, -0.15) is 5.10 Å². The summed E-state index contributed by atoms with van der Waals surface area (Å²) < 4.78 is 4.77. The number of anilines is 1. The number of hydrogen-bond donors (Lipinski definition) is 3. The summed E-state index contributed by atoms with van der Waals surface area (Å²) in [5.74, 6) is -1.18. The molecular weight excluding hydrogens is 250 g/mol. The highest BCUT2D eigenvalue weighted by Crippen LogP contribution is 2.25. The fourth-order valence-corrected chi connectivity index (χ4v) is 1.61. The Bertz CT molecular complexity index is 647. The maximum absolute atomic E-state index is 11.5. The average molecular weight is 261 g/mol. The Hall–Kier alpha value is -2.83. The van der Waals surface area contributed by atoms with Crippen molar-refractivity contribution in [3.63, 3.8) is 0 Å². The van der Waals surface area contributed by atoms with Crippen LogP contribution in [0.1, 0.15) is 10.5 Å². The van der Waals surface area contributed by atoms with Crippen LogP contribution in [0.15, 0.2) is 30.9 Å². The van der Waals surface area contributed by atoms with Crippen LogP contribution in [-0.2, 0) is 4.74 Å². The van der Waals surface area contributed by atoms with Crippen LogP contribution in [0.25, 0.3) is 10.9 Å². The molecule has 2 aromatic rings. The topological polar surface area (TPSA) is 104 Å². The molecule has 0 atom stereocenters. The van der Waals surface area contributed by atoms with Crippen molar-refractivity contribution in [3.8, 4) is 0 Å². The maximum Gasteiger partial charge on any atom is 0.411 e. The molecule has 1 heterocycles. The largest absolute Gasteiger partial charge is 0.476 e. The normalized spacial score (nSPS) is 10.1. The lowest BCUT2D eigenvalue weighted by atomic mass is 10.1. The lowest BCUT2D eigenvalue weighted by Crippen LogP contribution is -2.14. The number of nitrogens with zero attached hydrogens (tertiary/aromatic N) is 1. The fraction of sp³-hybridized carbons (Fsp3) is 0.0833. The molecule has 19 heavy (non-hydrogen) atoms. The van der Waals surface area contributed by atoms with Crippen molar-refractivity contribution in [2.45, 2.75) is 0 Å². The number of carboxylic acid groups (broad SMARTS) is 1. The minimum atomic E-state index is -1.18. The Balaban J connectivity index is 2.37. The summed E-state index contributed by atoms with van der Waals surface area (Å²) in [6.07, 6.45) is 0.741. The van der Waals surface area contributed by atoms with Crippen molar-refractivity contribution < 1.29 is 19.4 Å². The first-order chi connectivity index (χ1) is 9.13. The van der Waals surface area contributed by atoms with Gasteiger partial charge < -0.3 is 9.84 Å². The fourth-order valence-electron chi connectivity index (χ4n) is 1.61. The number of benzene rings is 1. The van der Waals surface area contributed by atoms with Gasteiger partial charge in [0.2, 0.25) is 0 Å². The van der Waals surface area contributed by atoms with E-state index in [2.05, 4.69) is 22.1 Å². The third kappa shape index (κ3) is 2.54. The molecule has 0 aliphatic rings. The molecule has 0 spiro atoms. The van der Waals surface area contributed by atoms with Crippen LogP contribution in [0, 0.1) is 0 Å². The van der Waals surface area contributed by atoms with Gasteiger partial charge in [-0.25, -0.2) is 9.59 Å². The van der Waals surface area contributed by atoms with Gasteiger partial charge in [0.1, 0.15) is 6.61 Å². The third-order valence-electron chi connectivity index (χ3n) is 2.36. The summed E-state index contributed by atoms with van der Waals surface area (Å²) in [7, 11) is 0. The molecule has 1 aromatic carbocycles. The second-order valence-electron chi connectivity index (χ2n) is 3.62. The molecule has 0 saturated heterocycles. The molecular formula is C12H11N3O4. The minimum absolute atomic E-state index is 0.0684. The zero-order chi connectivity index (χ0) is 13.8. The van der Waals surface area contributed by atoms with Gasteiger partial charge in [0, 0.05) is 0 Å². The van der Waals surface area contributed by atoms with Crippen molar-refractivity contribution in [3.05, 3.63) is 36.5 Å². The number of carboxylic acids is 1. The Morgan fingerprint density at radius 2 is 2.32 bits per heavy atom. The molecule has 1 amide bonds. The van der Waals surface area contributed by atoms with Gasteiger partial charge in [0.05, 0.1) is 16.6 Å². The van der Waals surface area contributed by atoms with Gasteiger partial charge in [0.25, 0.3) is 0 Å². The Morgan fingerprint density at radius 1 is 1.53 bits per heavy atom. The van der Waals surface area contributed by atoms with Gasteiger partial charge in [-0.05, 0) is 12.1 Å². The SMILES string of the molecule is C=CCOC(=O)Nc1cccc2[nH]nc(C(=O)O)c12. The van der Waals surface area contributed by atoms with E-state index >= 15 is 0 Å². The van der Waals surface area contributed by atoms with Crippen LogP contribution >= 0.6 is 0 Å². The molecule has 3 N–H and O–H groups in total. The second kappa shape index (κ2) is 5.21. The van der Waals surface area contributed by atoms with Crippen molar-refractivity contribution in [2.75, 3.05) is 11.9 Å². The number of aromatic carboxylic acids is 1. The highest BCUT2D eigenvalue weighted by molar-refractivity contribution is 6.09. The molecule has 0 aliphatic heterocycles. The van der Waals surface area contributed by atoms with E-state index < -0.39 is 12.1 Å². The van der Waals surface area contributed by atoms with Gasteiger partial charge in [-0.15, -0.1) is 0 Å². The number of carbonyl (C=O) groups excluding carboxylic acids is 1. The van der Waals surface area contributed by atoms with Crippen LogP contribution in [0.4, 0.5) is 10.5 Å². The predicted octanol–water partition coefficient (Wildman–Crippen LogP) is 2.00. The number of ether oxygens (including phenoxy) is 1. The summed E-state index contributed by atoms with van der Waals surface area (Å²) in [5, 5.41) is 18.1.